The molecule has 2 aliphatic heterocycles. The van der Waals surface area contributed by atoms with Crippen LogP contribution in [0.5, 0.6) is 11.5 Å². The number of aromatic nitrogens is 1. The maximum Gasteiger partial charge on any atom is 0.161 e. The van der Waals surface area contributed by atoms with Gasteiger partial charge in [-0.3, -0.25) is 0 Å². The Labute approximate surface area is 457 Å². The number of phenols is 1. The lowest BCUT2D eigenvalue weighted by atomic mass is 9.46. The fourth-order valence-electron chi connectivity index (χ4n) is 15.1. The SMILES string of the molecule is CC[C@@H]1Cc2cc(O)c(O[C@H]3C[C@@H](Cc4ccc[nH]4)C4=CCNC(N)=C4CSSC[C@H](CO)[C@@H]3O)cc2[C@@H]2C[C@@H](O)[C@H]3[C@H](C#C[C@@]45C[C@H](c6ccccc6)[C@@H](Cc6ccccc6)[C@@H](C=C[C@H]4CCC[C@@H]3O)[C@H]5CO)C=C12. The standard InChI is InChI=1S/C64H77N3O7S2/c1-2-39-26-42-29-57(71)59(74-60-30-43(27-46-16-10-23-66-46)47-21-24-67-63(65)54(47)37-76-75-36-44(34-68)62(60)73)32-50(42)52-31-58(72)61-41(28-49(39)52)20-22-64-33-53(40-13-7-4-8-14-40)51(25-38-11-5-3-6-12-38)48(55(64)35-69)19-18-45(64)15-9-17-56(61)70/h3-8,10-14,16,18-19,21,23,28-29,32,39,41,43-45,48,51-53,55-56,58,60-62,66-73H,2,9,15,17,24-27,30-31,33-37,65H2,1H3/t39-,41-,43-,44+,45-,48-,51+,52-,53-,55-,56+,58-,60+,61+,62+,64-/m1/s1. The molecule has 3 aromatic carbocycles. The van der Waals surface area contributed by atoms with E-state index >= 15 is 0 Å². The molecule has 0 amide bonds. The summed E-state index contributed by atoms with van der Waals surface area (Å²) in [7, 11) is 3.27. The van der Waals surface area contributed by atoms with Crippen molar-refractivity contribution < 1.29 is 35.4 Å². The fraction of sp³-hybridized carbons (Fsp3) is 0.500. The molecule has 5 aliphatic carbocycles. The molecule has 12 heteroatoms. The van der Waals surface area contributed by atoms with E-state index in [0.717, 1.165) is 60.1 Å². The van der Waals surface area contributed by atoms with Crippen LogP contribution in [0.3, 0.4) is 0 Å². The van der Waals surface area contributed by atoms with Crippen molar-refractivity contribution in [3.8, 4) is 23.3 Å². The summed E-state index contributed by atoms with van der Waals surface area (Å²) >= 11 is 0. The Balaban J connectivity index is 0.970. The first-order chi connectivity index (χ1) is 37.1. The lowest BCUT2D eigenvalue weighted by molar-refractivity contribution is -0.0323. The minimum absolute atomic E-state index is 0.0103. The fourth-order valence-corrected chi connectivity index (χ4v) is 17.7. The Morgan fingerprint density at radius 3 is 2.46 bits per heavy atom. The van der Waals surface area contributed by atoms with E-state index in [1.54, 1.807) is 21.6 Å². The van der Waals surface area contributed by atoms with Crippen LogP contribution < -0.4 is 15.8 Å². The van der Waals surface area contributed by atoms with Crippen molar-refractivity contribution in [2.75, 3.05) is 31.3 Å². The largest absolute Gasteiger partial charge is 0.504 e. The van der Waals surface area contributed by atoms with Crippen LogP contribution >= 0.6 is 21.6 Å². The lowest BCUT2D eigenvalue weighted by Gasteiger charge is -2.57. The van der Waals surface area contributed by atoms with E-state index in [-0.39, 0.29) is 72.1 Å². The van der Waals surface area contributed by atoms with Crippen molar-refractivity contribution in [3.05, 3.63) is 166 Å². The number of allylic oxidation sites excluding steroid dienone is 5. The lowest BCUT2D eigenvalue weighted by Crippen LogP contribution is -2.53. The molecule has 76 heavy (non-hydrogen) atoms. The van der Waals surface area contributed by atoms with Crippen LogP contribution in [-0.2, 0) is 19.3 Å². The second-order valence-electron chi connectivity index (χ2n) is 23.1. The number of benzene rings is 3. The van der Waals surface area contributed by atoms with E-state index in [4.69, 9.17) is 10.5 Å². The third-order valence-corrected chi connectivity index (χ3v) is 21.4. The number of nitrogens with one attached hydrogen (secondary N) is 2. The predicted molar refractivity (Wildman–Crippen MR) is 304 cm³/mol. The number of aliphatic hydroxyl groups is 5. The molecule has 1 spiro atoms. The van der Waals surface area contributed by atoms with Crippen LogP contribution in [0.4, 0.5) is 0 Å². The van der Waals surface area contributed by atoms with Gasteiger partial charge in [-0.2, -0.15) is 0 Å². The number of hydrogen-bond acceptors (Lipinski definition) is 11. The molecule has 0 radical (unpaired) electrons. The first kappa shape index (κ1) is 53.2. The van der Waals surface area contributed by atoms with Gasteiger partial charge in [0.05, 0.1) is 18.3 Å². The zero-order valence-electron chi connectivity index (χ0n) is 43.7. The predicted octanol–water partition coefficient (Wildman–Crippen LogP) is 9.36. The molecular weight excluding hydrogens is 987 g/mol. The molecule has 402 valence electrons. The van der Waals surface area contributed by atoms with Crippen LogP contribution in [0.15, 0.2) is 138 Å². The maximum absolute atomic E-state index is 12.7. The van der Waals surface area contributed by atoms with Crippen molar-refractivity contribution in [1.82, 2.24) is 10.3 Å². The van der Waals surface area contributed by atoms with Crippen molar-refractivity contribution >= 4 is 21.6 Å². The molecule has 3 heterocycles. The second kappa shape index (κ2) is 23.2. The molecule has 2 fully saturated rings. The second-order valence-corrected chi connectivity index (χ2v) is 25.6. The molecule has 10 N–H and O–H groups in total. The molecule has 1 saturated heterocycles. The van der Waals surface area contributed by atoms with Crippen molar-refractivity contribution in [2.45, 2.75) is 107 Å². The first-order valence-electron chi connectivity index (χ1n) is 28.2. The highest BCUT2D eigenvalue weighted by Crippen LogP contribution is 2.61. The van der Waals surface area contributed by atoms with E-state index in [2.05, 4.69) is 120 Å². The normalized spacial score (nSPS) is 35.3. The number of hydrogen-bond donors (Lipinski definition) is 9. The minimum atomic E-state index is -1.06. The van der Waals surface area contributed by atoms with Gasteiger partial charge in [0, 0.05) is 83.7 Å². The third-order valence-electron chi connectivity index (χ3n) is 19.0. The number of ether oxygens (including phenoxy) is 1. The number of phenolic OH excluding ortho intramolecular Hbond substituents is 1. The summed E-state index contributed by atoms with van der Waals surface area (Å²) in [6, 6.07) is 29.5. The maximum atomic E-state index is 12.7. The zero-order chi connectivity index (χ0) is 52.5. The summed E-state index contributed by atoms with van der Waals surface area (Å²) in [5, 5.41) is 75.0. The Bertz CT molecular complexity index is 2840. The molecular formula is C64H77N3O7S2. The molecule has 0 unspecified atom stereocenters. The highest BCUT2D eigenvalue weighted by molar-refractivity contribution is 8.76. The average Bonchev–Trinajstić information content (AvgIpc) is 3.99. The van der Waals surface area contributed by atoms with Crippen molar-refractivity contribution in [3.63, 3.8) is 0 Å². The van der Waals surface area contributed by atoms with Gasteiger partial charge in [-0.05, 0) is 145 Å². The van der Waals surface area contributed by atoms with Gasteiger partial charge >= 0.3 is 0 Å². The summed E-state index contributed by atoms with van der Waals surface area (Å²) in [5.41, 5.74) is 15.1. The molecule has 1 saturated carbocycles. The van der Waals surface area contributed by atoms with E-state index in [9.17, 15) is 30.6 Å². The first-order valence-corrected chi connectivity index (χ1v) is 30.7. The highest BCUT2D eigenvalue weighted by atomic mass is 33.1. The van der Waals surface area contributed by atoms with E-state index in [0.29, 0.717) is 56.0 Å². The molecule has 11 rings (SSSR count). The van der Waals surface area contributed by atoms with Gasteiger partial charge < -0.3 is 51.4 Å². The Morgan fingerprint density at radius 2 is 1.70 bits per heavy atom. The van der Waals surface area contributed by atoms with E-state index in [1.807, 2.05) is 24.4 Å². The molecule has 10 nitrogen and oxygen atoms in total. The Hall–Kier alpha value is -4.84. The number of aromatic amines is 1. The molecule has 7 aliphatic rings. The third kappa shape index (κ3) is 10.5. The van der Waals surface area contributed by atoms with Gasteiger partial charge in [0.15, 0.2) is 11.5 Å². The number of rotatable bonds is 10. The Morgan fingerprint density at radius 1 is 0.882 bits per heavy atom. The quantitative estimate of drug-likeness (QED) is 0.0419. The monoisotopic (exact) mass is 1060 g/mol. The van der Waals surface area contributed by atoms with E-state index in [1.165, 1.54) is 16.7 Å². The van der Waals surface area contributed by atoms with Crippen molar-refractivity contribution in [2.24, 2.45) is 64.4 Å². The number of aromatic hydroxyl groups is 1. The highest BCUT2D eigenvalue weighted by Gasteiger charge is 2.57. The number of dihydropyridines is 1. The van der Waals surface area contributed by atoms with Crippen LogP contribution in [0.25, 0.3) is 0 Å². The van der Waals surface area contributed by atoms with Gasteiger partial charge in [-0.25, -0.2) is 0 Å². The Kier molecular flexibility index (Phi) is 16.3. The summed E-state index contributed by atoms with van der Waals surface area (Å²) < 4.78 is 6.98. The number of H-pyrrole nitrogens is 1. The smallest absolute Gasteiger partial charge is 0.161 e. The topological polar surface area (TPSA) is 184 Å². The molecule has 16 atom stereocenters. The van der Waals surface area contributed by atoms with Gasteiger partial charge in [0.2, 0.25) is 0 Å². The molecule has 1 aromatic heterocycles. The zero-order valence-corrected chi connectivity index (χ0v) is 45.4. The molecule has 4 aromatic rings. The summed E-state index contributed by atoms with van der Waals surface area (Å²) in [5.74, 6) is 8.87. The number of nitrogens with two attached hydrogens (primary N) is 1. The van der Waals surface area contributed by atoms with Crippen LogP contribution in [0.2, 0.25) is 0 Å². The van der Waals surface area contributed by atoms with Gasteiger partial charge in [0.1, 0.15) is 11.9 Å². The van der Waals surface area contributed by atoms with Gasteiger partial charge in [-0.15, -0.1) is 0 Å². The summed E-state index contributed by atoms with van der Waals surface area (Å²) in [4.78, 5) is 3.38. The number of aliphatic hydroxyl groups excluding tert-OH is 5. The minimum Gasteiger partial charge on any atom is -0.504 e. The van der Waals surface area contributed by atoms with Crippen LogP contribution in [0.1, 0.15) is 91.7 Å². The van der Waals surface area contributed by atoms with Crippen molar-refractivity contribution in [1.29, 1.82) is 0 Å². The van der Waals surface area contributed by atoms with Gasteiger partial charge in [-0.1, -0.05) is 137 Å². The van der Waals surface area contributed by atoms with Crippen LogP contribution in [0, 0.1) is 70.5 Å². The summed E-state index contributed by atoms with van der Waals surface area (Å²) in [6.45, 7) is 2.59. The van der Waals surface area contributed by atoms with Gasteiger partial charge in [0.25, 0.3) is 0 Å². The number of fused-ring (bicyclic) bond motifs is 6. The summed E-state index contributed by atoms with van der Waals surface area (Å²) in [6.07, 6.45) is 14.5. The average molecular weight is 1060 g/mol. The van der Waals surface area contributed by atoms with Crippen LogP contribution in [-0.4, -0.2) is 91.3 Å². The van der Waals surface area contributed by atoms with E-state index < -0.39 is 47.6 Å². The molecule has 2 bridgehead atoms.